The second kappa shape index (κ2) is 5.12. The van der Waals surface area contributed by atoms with E-state index in [4.69, 9.17) is 10.3 Å². The molecule has 0 bridgehead atoms. The van der Waals surface area contributed by atoms with Crippen LogP contribution < -0.4 is 11.1 Å². The van der Waals surface area contributed by atoms with Crippen molar-refractivity contribution in [1.29, 1.82) is 0 Å². The molecule has 1 heterocycles. The number of aryl methyl sites for hydroxylation is 1. The molecule has 0 saturated heterocycles. The SMILES string of the molecule is CCC(CC)(CN)NC(=O)c1cnoc1C. The van der Waals surface area contributed by atoms with Crippen molar-refractivity contribution < 1.29 is 9.32 Å². The lowest BCUT2D eigenvalue weighted by atomic mass is 9.92. The normalized spacial score (nSPS) is 11.5. The first-order valence-corrected chi connectivity index (χ1v) is 5.52. The van der Waals surface area contributed by atoms with Gasteiger partial charge in [-0.15, -0.1) is 0 Å². The number of hydrogen-bond acceptors (Lipinski definition) is 4. The van der Waals surface area contributed by atoms with E-state index in [1.807, 2.05) is 13.8 Å². The Kier molecular flexibility index (Phi) is 4.06. The molecule has 16 heavy (non-hydrogen) atoms. The van der Waals surface area contributed by atoms with Gasteiger partial charge in [0, 0.05) is 6.54 Å². The minimum atomic E-state index is -0.333. The molecule has 1 aromatic heterocycles. The summed E-state index contributed by atoms with van der Waals surface area (Å²) in [6.45, 7) is 6.16. The Balaban J connectivity index is 2.81. The Morgan fingerprint density at radius 2 is 2.19 bits per heavy atom. The fourth-order valence-electron chi connectivity index (χ4n) is 1.59. The summed E-state index contributed by atoms with van der Waals surface area (Å²) in [6.07, 6.45) is 3.03. The standard InChI is InChI=1S/C11H19N3O2/c1-4-11(5-2,7-12)14-10(15)9-6-13-16-8(9)3/h6H,4-5,7,12H2,1-3H3,(H,14,15). The van der Waals surface area contributed by atoms with Gasteiger partial charge in [-0.05, 0) is 19.8 Å². The molecule has 0 aliphatic rings. The molecular weight excluding hydrogens is 206 g/mol. The summed E-state index contributed by atoms with van der Waals surface area (Å²) in [6, 6.07) is 0. The number of carbonyl (C=O) groups is 1. The second-order valence-electron chi connectivity index (χ2n) is 3.94. The van der Waals surface area contributed by atoms with E-state index in [0.717, 1.165) is 12.8 Å². The number of hydrogen-bond donors (Lipinski definition) is 2. The van der Waals surface area contributed by atoms with E-state index in [1.54, 1.807) is 6.92 Å². The van der Waals surface area contributed by atoms with Crippen LogP contribution in [-0.2, 0) is 0 Å². The first kappa shape index (κ1) is 12.7. The van der Waals surface area contributed by atoms with Crippen LogP contribution in [0.25, 0.3) is 0 Å². The number of aromatic nitrogens is 1. The van der Waals surface area contributed by atoms with Gasteiger partial charge in [-0.3, -0.25) is 4.79 Å². The average Bonchev–Trinajstić information content (AvgIpc) is 2.72. The monoisotopic (exact) mass is 225 g/mol. The second-order valence-corrected chi connectivity index (χ2v) is 3.94. The van der Waals surface area contributed by atoms with Gasteiger partial charge in [0.15, 0.2) is 0 Å². The number of amides is 1. The van der Waals surface area contributed by atoms with Gasteiger partial charge in [-0.25, -0.2) is 0 Å². The molecule has 1 amide bonds. The van der Waals surface area contributed by atoms with Gasteiger partial charge in [0.25, 0.3) is 5.91 Å². The summed E-state index contributed by atoms with van der Waals surface area (Å²) in [4.78, 5) is 12.0. The van der Waals surface area contributed by atoms with Crippen molar-refractivity contribution in [3.05, 3.63) is 17.5 Å². The number of nitrogens with zero attached hydrogens (tertiary/aromatic N) is 1. The molecule has 5 nitrogen and oxygen atoms in total. The van der Waals surface area contributed by atoms with Crippen LogP contribution in [0, 0.1) is 6.92 Å². The third kappa shape index (κ3) is 2.41. The molecule has 0 aliphatic carbocycles. The van der Waals surface area contributed by atoms with Gasteiger partial charge in [-0.1, -0.05) is 19.0 Å². The van der Waals surface area contributed by atoms with Gasteiger partial charge in [-0.2, -0.15) is 0 Å². The van der Waals surface area contributed by atoms with Gasteiger partial charge in [0.05, 0.1) is 11.7 Å². The van der Waals surface area contributed by atoms with Crippen molar-refractivity contribution in [3.8, 4) is 0 Å². The Morgan fingerprint density at radius 3 is 2.56 bits per heavy atom. The van der Waals surface area contributed by atoms with E-state index >= 15 is 0 Å². The molecule has 0 aliphatic heterocycles. The van der Waals surface area contributed by atoms with Crippen molar-refractivity contribution in [1.82, 2.24) is 10.5 Å². The first-order valence-electron chi connectivity index (χ1n) is 5.52. The Hall–Kier alpha value is -1.36. The minimum absolute atomic E-state index is 0.173. The molecule has 1 rings (SSSR count). The first-order chi connectivity index (χ1) is 7.58. The maximum atomic E-state index is 12.0. The molecule has 5 heteroatoms. The highest BCUT2D eigenvalue weighted by Gasteiger charge is 2.28. The van der Waals surface area contributed by atoms with E-state index in [1.165, 1.54) is 6.20 Å². The smallest absolute Gasteiger partial charge is 0.256 e. The van der Waals surface area contributed by atoms with Crippen LogP contribution in [0.4, 0.5) is 0 Å². The third-order valence-electron chi connectivity index (χ3n) is 3.12. The average molecular weight is 225 g/mol. The number of carbonyl (C=O) groups excluding carboxylic acids is 1. The van der Waals surface area contributed by atoms with Crippen molar-refractivity contribution >= 4 is 5.91 Å². The molecule has 0 fully saturated rings. The maximum absolute atomic E-state index is 12.0. The summed E-state index contributed by atoms with van der Waals surface area (Å²) in [5, 5.41) is 6.54. The van der Waals surface area contributed by atoms with Gasteiger partial charge < -0.3 is 15.6 Å². The minimum Gasteiger partial charge on any atom is -0.361 e. The summed E-state index contributed by atoms with van der Waals surface area (Å²) in [5.41, 5.74) is 5.85. The third-order valence-corrected chi connectivity index (χ3v) is 3.12. The zero-order valence-corrected chi connectivity index (χ0v) is 10.0. The molecule has 1 aromatic rings. The summed E-state index contributed by atoms with van der Waals surface area (Å²) >= 11 is 0. The number of nitrogens with two attached hydrogens (primary N) is 1. The predicted octanol–water partition coefficient (Wildman–Crippen LogP) is 1.23. The summed E-state index contributed by atoms with van der Waals surface area (Å²) < 4.78 is 4.86. The van der Waals surface area contributed by atoms with Gasteiger partial charge >= 0.3 is 0 Å². The van der Waals surface area contributed by atoms with E-state index in [-0.39, 0.29) is 11.4 Å². The van der Waals surface area contributed by atoms with Crippen LogP contribution in [-0.4, -0.2) is 23.1 Å². The Labute approximate surface area is 95.4 Å². The van der Waals surface area contributed by atoms with Crippen LogP contribution in [0.1, 0.15) is 42.8 Å². The summed E-state index contributed by atoms with van der Waals surface area (Å²) in [7, 11) is 0. The van der Waals surface area contributed by atoms with Crippen molar-refractivity contribution in [2.75, 3.05) is 6.54 Å². The molecule has 90 valence electrons. The van der Waals surface area contributed by atoms with E-state index in [9.17, 15) is 4.79 Å². The van der Waals surface area contributed by atoms with Gasteiger partial charge in [0.1, 0.15) is 11.3 Å². The Bertz CT molecular complexity index is 348. The molecule has 0 spiro atoms. The molecular formula is C11H19N3O2. The van der Waals surface area contributed by atoms with Crippen molar-refractivity contribution in [3.63, 3.8) is 0 Å². The lowest BCUT2D eigenvalue weighted by Gasteiger charge is -2.31. The molecule has 0 unspecified atom stereocenters. The molecule has 0 aromatic carbocycles. The van der Waals surface area contributed by atoms with E-state index < -0.39 is 0 Å². The quantitative estimate of drug-likeness (QED) is 0.789. The highest BCUT2D eigenvalue weighted by Crippen LogP contribution is 2.15. The maximum Gasteiger partial charge on any atom is 0.256 e. The zero-order valence-electron chi connectivity index (χ0n) is 10.0. The van der Waals surface area contributed by atoms with E-state index in [2.05, 4.69) is 10.5 Å². The molecule has 0 saturated carbocycles. The lowest BCUT2D eigenvalue weighted by molar-refractivity contribution is 0.0893. The molecule has 0 atom stereocenters. The van der Waals surface area contributed by atoms with E-state index in [0.29, 0.717) is 17.9 Å². The fraction of sp³-hybridized carbons (Fsp3) is 0.636. The number of nitrogens with one attached hydrogen (secondary N) is 1. The van der Waals surface area contributed by atoms with Crippen LogP contribution in [0.3, 0.4) is 0 Å². The fourth-order valence-corrected chi connectivity index (χ4v) is 1.59. The summed E-state index contributed by atoms with van der Waals surface area (Å²) in [5.74, 6) is 0.350. The van der Waals surface area contributed by atoms with Crippen molar-refractivity contribution in [2.45, 2.75) is 39.2 Å². The van der Waals surface area contributed by atoms with Gasteiger partial charge in [0.2, 0.25) is 0 Å². The molecule has 0 radical (unpaired) electrons. The van der Waals surface area contributed by atoms with Crippen LogP contribution >= 0.6 is 0 Å². The Morgan fingerprint density at radius 1 is 1.56 bits per heavy atom. The predicted molar refractivity (Wildman–Crippen MR) is 61.1 cm³/mol. The number of rotatable bonds is 5. The van der Waals surface area contributed by atoms with Crippen LogP contribution in [0.15, 0.2) is 10.7 Å². The van der Waals surface area contributed by atoms with Crippen LogP contribution in [0.2, 0.25) is 0 Å². The molecule has 3 N–H and O–H groups in total. The van der Waals surface area contributed by atoms with Crippen LogP contribution in [0.5, 0.6) is 0 Å². The zero-order chi connectivity index (χ0) is 12.2. The van der Waals surface area contributed by atoms with Crippen molar-refractivity contribution in [2.24, 2.45) is 5.73 Å². The highest BCUT2D eigenvalue weighted by atomic mass is 16.5. The largest absolute Gasteiger partial charge is 0.361 e. The lowest BCUT2D eigenvalue weighted by Crippen LogP contribution is -2.52. The highest BCUT2D eigenvalue weighted by molar-refractivity contribution is 5.95. The topological polar surface area (TPSA) is 81.1 Å².